The van der Waals surface area contributed by atoms with Gasteiger partial charge in [-0.25, -0.2) is 0 Å². The van der Waals surface area contributed by atoms with E-state index in [4.69, 9.17) is 10.5 Å². The molecule has 0 radical (unpaired) electrons. The predicted octanol–water partition coefficient (Wildman–Crippen LogP) is 0.115. The molecule has 2 fully saturated rings. The lowest BCUT2D eigenvalue weighted by molar-refractivity contribution is -0.152. The van der Waals surface area contributed by atoms with Crippen molar-refractivity contribution in [3.05, 3.63) is 0 Å². The van der Waals surface area contributed by atoms with Gasteiger partial charge in [-0.3, -0.25) is 9.69 Å². The van der Waals surface area contributed by atoms with Crippen molar-refractivity contribution in [1.29, 1.82) is 0 Å². The van der Waals surface area contributed by atoms with Crippen LogP contribution in [0.4, 0.5) is 0 Å². The van der Waals surface area contributed by atoms with Crippen molar-refractivity contribution in [2.24, 2.45) is 5.73 Å². The number of hydrogen-bond acceptors (Lipinski definition) is 4. The first kappa shape index (κ1) is 9.93. The number of hydrogen-bond donors (Lipinski definition) is 1. The molecule has 0 atom stereocenters. The average molecular weight is 198 g/mol. The van der Waals surface area contributed by atoms with Gasteiger partial charge in [-0.1, -0.05) is 0 Å². The first-order valence-electron chi connectivity index (χ1n) is 5.41. The van der Waals surface area contributed by atoms with E-state index in [1.807, 2.05) is 0 Å². The summed E-state index contributed by atoms with van der Waals surface area (Å²) in [5, 5.41) is 0. The van der Waals surface area contributed by atoms with Crippen LogP contribution in [0.15, 0.2) is 0 Å². The van der Waals surface area contributed by atoms with Gasteiger partial charge in [-0.2, -0.15) is 0 Å². The summed E-state index contributed by atoms with van der Waals surface area (Å²) in [6.45, 7) is 1.92. The van der Waals surface area contributed by atoms with E-state index >= 15 is 0 Å². The van der Waals surface area contributed by atoms with Crippen molar-refractivity contribution in [3.63, 3.8) is 0 Å². The number of rotatable bonds is 1. The van der Waals surface area contributed by atoms with Crippen molar-refractivity contribution in [1.82, 2.24) is 4.90 Å². The van der Waals surface area contributed by atoms with Gasteiger partial charge in [0, 0.05) is 18.6 Å². The topological polar surface area (TPSA) is 55.6 Å². The standard InChI is InChI=1S/C10H18N2O2/c11-8-1-3-9(4-2-8)12-5-6-14-10(13)7-12/h8-9H,1-7,11H2. The number of esters is 1. The van der Waals surface area contributed by atoms with E-state index in [1.165, 1.54) is 0 Å². The molecule has 0 aromatic carbocycles. The molecule has 2 aliphatic rings. The van der Waals surface area contributed by atoms with E-state index in [0.29, 0.717) is 25.2 Å². The normalized spacial score (nSPS) is 35.4. The third-order valence-corrected chi connectivity index (χ3v) is 3.23. The number of carbonyl (C=O) groups is 1. The van der Waals surface area contributed by atoms with E-state index in [1.54, 1.807) is 0 Å². The fourth-order valence-corrected chi connectivity index (χ4v) is 2.35. The summed E-state index contributed by atoms with van der Waals surface area (Å²) in [7, 11) is 0. The summed E-state index contributed by atoms with van der Waals surface area (Å²) in [5.41, 5.74) is 5.84. The van der Waals surface area contributed by atoms with Crippen LogP contribution >= 0.6 is 0 Å². The molecule has 0 bridgehead atoms. The zero-order chi connectivity index (χ0) is 9.97. The Morgan fingerprint density at radius 3 is 2.64 bits per heavy atom. The zero-order valence-electron chi connectivity index (χ0n) is 8.45. The molecular formula is C10H18N2O2. The summed E-state index contributed by atoms with van der Waals surface area (Å²) < 4.78 is 4.91. The molecule has 80 valence electrons. The van der Waals surface area contributed by atoms with E-state index in [2.05, 4.69) is 4.90 Å². The van der Waals surface area contributed by atoms with Gasteiger partial charge in [0.2, 0.25) is 0 Å². The lowest BCUT2D eigenvalue weighted by Gasteiger charge is -2.37. The molecule has 0 amide bonds. The number of cyclic esters (lactones) is 1. The Hall–Kier alpha value is -0.610. The molecule has 0 aromatic heterocycles. The summed E-state index contributed by atoms with van der Waals surface area (Å²) in [5.74, 6) is -0.0777. The lowest BCUT2D eigenvalue weighted by atomic mass is 9.90. The third-order valence-electron chi connectivity index (χ3n) is 3.23. The minimum atomic E-state index is -0.0777. The van der Waals surface area contributed by atoms with Crippen LogP contribution in [0.25, 0.3) is 0 Å². The Bertz CT molecular complexity index is 212. The highest BCUT2D eigenvalue weighted by Crippen LogP contribution is 2.22. The van der Waals surface area contributed by atoms with E-state index in [9.17, 15) is 4.79 Å². The SMILES string of the molecule is NC1CCC(N2CCOC(=O)C2)CC1. The molecule has 14 heavy (non-hydrogen) atoms. The van der Waals surface area contributed by atoms with Crippen LogP contribution in [0.3, 0.4) is 0 Å². The van der Waals surface area contributed by atoms with Gasteiger partial charge in [0.05, 0.1) is 6.54 Å². The lowest BCUT2D eigenvalue weighted by Crippen LogP contribution is -2.48. The first-order chi connectivity index (χ1) is 6.75. The fraction of sp³-hybridized carbons (Fsp3) is 0.900. The van der Waals surface area contributed by atoms with E-state index < -0.39 is 0 Å². The summed E-state index contributed by atoms with van der Waals surface area (Å²) >= 11 is 0. The molecule has 1 heterocycles. The molecule has 4 heteroatoms. The smallest absolute Gasteiger partial charge is 0.320 e. The first-order valence-corrected chi connectivity index (χ1v) is 5.41. The van der Waals surface area contributed by atoms with Crippen LogP contribution in [-0.2, 0) is 9.53 Å². The number of nitrogens with two attached hydrogens (primary N) is 1. The minimum Gasteiger partial charge on any atom is -0.463 e. The quantitative estimate of drug-likeness (QED) is 0.608. The van der Waals surface area contributed by atoms with Gasteiger partial charge in [0.25, 0.3) is 0 Å². The molecule has 1 saturated carbocycles. The minimum absolute atomic E-state index is 0.0777. The van der Waals surface area contributed by atoms with Crippen LogP contribution in [0.5, 0.6) is 0 Å². The molecule has 2 N–H and O–H groups in total. The average Bonchev–Trinajstić information content (AvgIpc) is 2.19. The Morgan fingerprint density at radius 2 is 2.00 bits per heavy atom. The maximum absolute atomic E-state index is 11.1. The monoisotopic (exact) mass is 198 g/mol. The second kappa shape index (κ2) is 4.28. The Balaban J connectivity index is 1.85. The van der Waals surface area contributed by atoms with Crippen molar-refractivity contribution < 1.29 is 9.53 Å². The molecule has 0 unspecified atom stereocenters. The van der Waals surface area contributed by atoms with E-state index in [0.717, 1.165) is 32.2 Å². The van der Waals surface area contributed by atoms with Crippen LogP contribution in [0.2, 0.25) is 0 Å². The molecule has 1 aliphatic heterocycles. The molecule has 0 aromatic rings. The van der Waals surface area contributed by atoms with Crippen molar-refractivity contribution in [2.45, 2.75) is 37.8 Å². The van der Waals surface area contributed by atoms with Crippen LogP contribution in [0, 0.1) is 0 Å². The molecule has 1 aliphatic carbocycles. The van der Waals surface area contributed by atoms with Crippen molar-refractivity contribution in [2.75, 3.05) is 19.7 Å². The molecular weight excluding hydrogens is 180 g/mol. The maximum atomic E-state index is 11.1. The van der Waals surface area contributed by atoms with Gasteiger partial charge in [0.15, 0.2) is 0 Å². The third kappa shape index (κ3) is 2.25. The van der Waals surface area contributed by atoms with Crippen LogP contribution < -0.4 is 5.73 Å². The van der Waals surface area contributed by atoms with Crippen molar-refractivity contribution in [3.8, 4) is 0 Å². The molecule has 0 spiro atoms. The summed E-state index contributed by atoms with van der Waals surface area (Å²) in [4.78, 5) is 13.3. The van der Waals surface area contributed by atoms with Gasteiger partial charge in [-0.15, -0.1) is 0 Å². The number of nitrogens with zero attached hydrogens (tertiary/aromatic N) is 1. The molecule has 4 nitrogen and oxygen atoms in total. The Kier molecular flexibility index (Phi) is 3.03. The number of morpholine rings is 1. The van der Waals surface area contributed by atoms with Gasteiger partial charge < -0.3 is 10.5 Å². The number of carbonyl (C=O) groups excluding carboxylic acids is 1. The fourth-order valence-electron chi connectivity index (χ4n) is 2.35. The summed E-state index contributed by atoms with van der Waals surface area (Å²) in [6, 6.07) is 0.936. The highest BCUT2D eigenvalue weighted by molar-refractivity contribution is 5.72. The predicted molar refractivity (Wildman–Crippen MR) is 52.8 cm³/mol. The van der Waals surface area contributed by atoms with Crippen LogP contribution in [0.1, 0.15) is 25.7 Å². The second-order valence-electron chi connectivity index (χ2n) is 4.26. The Morgan fingerprint density at radius 1 is 1.29 bits per heavy atom. The zero-order valence-corrected chi connectivity index (χ0v) is 8.45. The van der Waals surface area contributed by atoms with Crippen LogP contribution in [-0.4, -0.2) is 42.6 Å². The molecule has 1 saturated heterocycles. The highest BCUT2D eigenvalue weighted by atomic mass is 16.5. The number of ether oxygens (including phenoxy) is 1. The van der Waals surface area contributed by atoms with Gasteiger partial charge >= 0.3 is 5.97 Å². The van der Waals surface area contributed by atoms with E-state index in [-0.39, 0.29) is 5.97 Å². The largest absolute Gasteiger partial charge is 0.463 e. The summed E-state index contributed by atoms with van der Waals surface area (Å²) in [6.07, 6.45) is 4.45. The maximum Gasteiger partial charge on any atom is 0.320 e. The van der Waals surface area contributed by atoms with Gasteiger partial charge in [0.1, 0.15) is 6.61 Å². The van der Waals surface area contributed by atoms with Crippen molar-refractivity contribution >= 4 is 5.97 Å². The van der Waals surface area contributed by atoms with Gasteiger partial charge in [-0.05, 0) is 25.7 Å². The highest BCUT2D eigenvalue weighted by Gasteiger charge is 2.28. The Labute approximate surface area is 84.4 Å². The molecule has 2 rings (SSSR count). The second-order valence-corrected chi connectivity index (χ2v) is 4.26.